The van der Waals surface area contributed by atoms with Crippen LogP contribution in [0.1, 0.15) is 33.0 Å². The van der Waals surface area contributed by atoms with Gasteiger partial charge in [-0.3, -0.25) is 0 Å². The summed E-state index contributed by atoms with van der Waals surface area (Å²) in [6, 6.07) is 5.84. The van der Waals surface area contributed by atoms with Gasteiger partial charge in [0.05, 0.1) is 11.4 Å². The molecule has 0 bridgehead atoms. The predicted molar refractivity (Wildman–Crippen MR) is 73.4 cm³/mol. The van der Waals surface area contributed by atoms with E-state index in [0.717, 1.165) is 11.1 Å². The third kappa shape index (κ3) is 2.47. The number of hydrogen-bond donors (Lipinski definition) is 1. The number of rotatable bonds is 2. The Labute approximate surface area is 112 Å². The van der Waals surface area contributed by atoms with Crippen molar-refractivity contribution in [2.24, 2.45) is 0 Å². The third-order valence-electron chi connectivity index (χ3n) is 3.20. The molecule has 0 radical (unpaired) electrons. The number of carboxylic acids is 1. The fourth-order valence-electron chi connectivity index (χ4n) is 2.07. The molecule has 0 aliphatic rings. The SMILES string of the molecule is Cc1nc(C)c(C(=O)O)c(-c2ccc(C)c(C)c2)n1. The first-order chi connectivity index (χ1) is 8.90. The van der Waals surface area contributed by atoms with E-state index in [1.807, 2.05) is 32.0 Å². The van der Waals surface area contributed by atoms with Gasteiger partial charge < -0.3 is 5.11 Å². The molecule has 1 aromatic heterocycles. The maximum atomic E-state index is 11.4. The van der Waals surface area contributed by atoms with Gasteiger partial charge >= 0.3 is 5.97 Å². The van der Waals surface area contributed by atoms with Gasteiger partial charge in [0.25, 0.3) is 0 Å². The summed E-state index contributed by atoms with van der Waals surface area (Å²) in [5.74, 6) is -0.415. The molecule has 0 spiro atoms. The lowest BCUT2D eigenvalue weighted by molar-refractivity contribution is 0.0696. The lowest BCUT2D eigenvalue weighted by Crippen LogP contribution is -2.08. The van der Waals surface area contributed by atoms with Crippen LogP contribution in [-0.4, -0.2) is 21.0 Å². The fourth-order valence-corrected chi connectivity index (χ4v) is 2.07. The van der Waals surface area contributed by atoms with Gasteiger partial charge in [0.15, 0.2) is 0 Å². The van der Waals surface area contributed by atoms with E-state index in [1.165, 1.54) is 5.56 Å². The highest BCUT2D eigenvalue weighted by molar-refractivity contribution is 5.95. The zero-order valence-electron chi connectivity index (χ0n) is 11.5. The molecule has 0 unspecified atom stereocenters. The van der Waals surface area contributed by atoms with Crippen molar-refractivity contribution in [1.82, 2.24) is 9.97 Å². The molecule has 19 heavy (non-hydrogen) atoms. The minimum atomic E-state index is -0.995. The van der Waals surface area contributed by atoms with Gasteiger partial charge in [-0.2, -0.15) is 0 Å². The first-order valence-corrected chi connectivity index (χ1v) is 6.06. The average molecular weight is 256 g/mol. The van der Waals surface area contributed by atoms with Gasteiger partial charge in [-0.1, -0.05) is 12.1 Å². The van der Waals surface area contributed by atoms with E-state index in [0.29, 0.717) is 17.2 Å². The topological polar surface area (TPSA) is 63.1 Å². The van der Waals surface area contributed by atoms with Gasteiger partial charge in [-0.25, -0.2) is 14.8 Å². The number of aromatic nitrogens is 2. The van der Waals surface area contributed by atoms with Crippen LogP contribution in [0.4, 0.5) is 0 Å². The van der Waals surface area contributed by atoms with Crippen molar-refractivity contribution in [1.29, 1.82) is 0 Å². The van der Waals surface area contributed by atoms with Crippen LogP contribution in [0.3, 0.4) is 0 Å². The van der Waals surface area contributed by atoms with Crippen molar-refractivity contribution in [3.8, 4) is 11.3 Å². The predicted octanol–water partition coefficient (Wildman–Crippen LogP) is 3.08. The van der Waals surface area contributed by atoms with Crippen molar-refractivity contribution in [3.05, 3.63) is 46.4 Å². The maximum absolute atomic E-state index is 11.4. The smallest absolute Gasteiger partial charge is 0.339 e. The molecule has 98 valence electrons. The molecule has 1 heterocycles. The van der Waals surface area contributed by atoms with Gasteiger partial charge in [0, 0.05) is 5.56 Å². The van der Waals surface area contributed by atoms with Crippen molar-refractivity contribution < 1.29 is 9.90 Å². The Morgan fingerprint density at radius 2 is 1.74 bits per heavy atom. The molecule has 1 aromatic carbocycles. The minimum absolute atomic E-state index is 0.175. The van der Waals surface area contributed by atoms with Crippen LogP contribution in [0.25, 0.3) is 11.3 Å². The molecule has 2 aromatic rings. The van der Waals surface area contributed by atoms with Crippen molar-refractivity contribution >= 4 is 5.97 Å². The van der Waals surface area contributed by atoms with Crippen LogP contribution in [0.5, 0.6) is 0 Å². The largest absolute Gasteiger partial charge is 0.478 e. The molecule has 4 heteroatoms. The molecule has 0 amide bonds. The maximum Gasteiger partial charge on any atom is 0.339 e. The summed E-state index contributed by atoms with van der Waals surface area (Å²) in [6.07, 6.45) is 0. The zero-order valence-corrected chi connectivity index (χ0v) is 11.5. The van der Waals surface area contributed by atoms with Gasteiger partial charge in [-0.15, -0.1) is 0 Å². The van der Waals surface area contributed by atoms with Crippen LogP contribution < -0.4 is 0 Å². The van der Waals surface area contributed by atoms with Crippen molar-refractivity contribution in [2.45, 2.75) is 27.7 Å². The highest BCUT2D eigenvalue weighted by atomic mass is 16.4. The molecule has 0 atom stereocenters. The van der Waals surface area contributed by atoms with Crippen LogP contribution in [0, 0.1) is 27.7 Å². The highest BCUT2D eigenvalue weighted by Gasteiger charge is 2.18. The second kappa shape index (κ2) is 4.80. The van der Waals surface area contributed by atoms with Crippen molar-refractivity contribution in [2.75, 3.05) is 0 Å². The molecule has 2 rings (SSSR count). The lowest BCUT2D eigenvalue weighted by Gasteiger charge is -2.10. The molecule has 1 N–H and O–H groups in total. The minimum Gasteiger partial charge on any atom is -0.478 e. The third-order valence-corrected chi connectivity index (χ3v) is 3.20. The fraction of sp³-hybridized carbons (Fsp3) is 0.267. The molecular formula is C15H16N2O2. The van der Waals surface area contributed by atoms with Crippen LogP contribution in [-0.2, 0) is 0 Å². The Morgan fingerprint density at radius 3 is 2.32 bits per heavy atom. The molecule has 0 fully saturated rings. The Morgan fingerprint density at radius 1 is 1.05 bits per heavy atom. The summed E-state index contributed by atoms with van der Waals surface area (Å²) in [6.45, 7) is 7.49. The van der Waals surface area contributed by atoms with Gasteiger partial charge in [0.2, 0.25) is 0 Å². The summed E-state index contributed by atoms with van der Waals surface area (Å²) in [4.78, 5) is 19.8. The van der Waals surface area contributed by atoms with Gasteiger partial charge in [0.1, 0.15) is 11.4 Å². The highest BCUT2D eigenvalue weighted by Crippen LogP contribution is 2.25. The Hall–Kier alpha value is -2.23. The normalized spacial score (nSPS) is 10.5. The first kappa shape index (κ1) is 13.2. The van der Waals surface area contributed by atoms with E-state index in [2.05, 4.69) is 9.97 Å². The second-order valence-electron chi connectivity index (χ2n) is 4.68. The number of nitrogens with zero attached hydrogens (tertiary/aromatic N) is 2. The Bertz CT molecular complexity index is 663. The van der Waals surface area contributed by atoms with Crippen LogP contribution in [0.2, 0.25) is 0 Å². The standard InChI is InChI=1S/C15H16N2O2/c1-8-5-6-12(7-9(8)2)14-13(15(18)19)10(3)16-11(4)17-14/h5-7H,1-4H3,(H,18,19). The lowest BCUT2D eigenvalue weighted by atomic mass is 10.0. The van der Waals surface area contributed by atoms with Gasteiger partial charge in [-0.05, 0) is 44.9 Å². The first-order valence-electron chi connectivity index (χ1n) is 6.06. The Balaban J connectivity index is 2.73. The molecule has 0 aliphatic carbocycles. The summed E-state index contributed by atoms with van der Waals surface area (Å²) in [7, 11) is 0. The Kier molecular flexibility index (Phi) is 3.34. The number of carbonyl (C=O) groups is 1. The van der Waals surface area contributed by atoms with E-state index in [-0.39, 0.29) is 5.56 Å². The zero-order chi connectivity index (χ0) is 14.2. The van der Waals surface area contributed by atoms with E-state index in [4.69, 9.17) is 0 Å². The summed E-state index contributed by atoms with van der Waals surface area (Å²) in [5.41, 5.74) is 4.25. The number of carboxylic acid groups (broad SMARTS) is 1. The van der Waals surface area contributed by atoms with E-state index < -0.39 is 5.97 Å². The molecule has 0 saturated heterocycles. The number of hydrogen-bond acceptors (Lipinski definition) is 3. The quantitative estimate of drug-likeness (QED) is 0.896. The summed E-state index contributed by atoms with van der Waals surface area (Å²) in [5, 5.41) is 9.34. The van der Waals surface area contributed by atoms with E-state index in [1.54, 1.807) is 13.8 Å². The molecule has 0 aliphatic heterocycles. The van der Waals surface area contributed by atoms with E-state index >= 15 is 0 Å². The number of aryl methyl sites for hydroxylation is 4. The summed E-state index contributed by atoms with van der Waals surface area (Å²) < 4.78 is 0. The molecule has 0 saturated carbocycles. The average Bonchev–Trinajstić information content (AvgIpc) is 2.31. The van der Waals surface area contributed by atoms with Crippen LogP contribution >= 0.6 is 0 Å². The van der Waals surface area contributed by atoms with E-state index in [9.17, 15) is 9.90 Å². The van der Waals surface area contributed by atoms with Crippen molar-refractivity contribution in [3.63, 3.8) is 0 Å². The monoisotopic (exact) mass is 256 g/mol. The number of aromatic carboxylic acids is 1. The summed E-state index contributed by atoms with van der Waals surface area (Å²) >= 11 is 0. The molecular weight excluding hydrogens is 240 g/mol. The van der Waals surface area contributed by atoms with Crippen LogP contribution in [0.15, 0.2) is 18.2 Å². The second-order valence-corrected chi connectivity index (χ2v) is 4.68. The number of benzene rings is 1. The molecule has 4 nitrogen and oxygen atoms in total.